The Kier molecular flexibility index (Phi) is 4.87. The van der Waals surface area contributed by atoms with Crippen molar-refractivity contribution in [3.8, 4) is 5.75 Å². The number of hydrogen-bond donors (Lipinski definition) is 1. The first kappa shape index (κ1) is 16.1. The summed E-state index contributed by atoms with van der Waals surface area (Å²) in [7, 11) is 2.80. The molecule has 0 spiro atoms. The number of methoxy groups -OCH3 is 2. The molecule has 2 rings (SSSR count). The third-order valence-corrected chi connectivity index (χ3v) is 3.58. The molecule has 0 saturated carbocycles. The molecular formula is C15H21N3O4. The molecule has 7 heteroatoms. The zero-order chi connectivity index (χ0) is 16.3. The second-order valence-corrected chi connectivity index (χ2v) is 4.72. The predicted molar refractivity (Wildman–Crippen MR) is 82.6 cm³/mol. The van der Waals surface area contributed by atoms with Crippen LogP contribution < -0.4 is 9.75 Å². The number of benzene rings is 1. The van der Waals surface area contributed by atoms with Crippen molar-refractivity contribution in [1.82, 2.24) is 9.89 Å². The Morgan fingerprint density at radius 2 is 2.05 bits per heavy atom. The van der Waals surface area contributed by atoms with Crippen LogP contribution in [0.25, 0.3) is 10.9 Å². The molecule has 0 aliphatic heterocycles. The number of fused-ring (bicyclic) bond motifs is 1. The number of hydrogen-bond acceptors (Lipinski definition) is 6. The van der Waals surface area contributed by atoms with Crippen LogP contribution in [0, 0.1) is 0 Å². The molecule has 2 aromatic rings. The van der Waals surface area contributed by atoms with E-state index in [-0.39, 0.29) is 0 Å². The summed E-state index contributed by atoms with van der Waals surface area (Å²) in [4.78, 5) is 13.4. The number of aromatic nitrogens is 2. The van der Waals surface area contributed by atoms with Crippen LogP contribution >= 0.6 is 0 Å². The van der Waals surface area contributed by atoms with Gasteiger partial charge in [0.05, 0.1) is 19.7 Å². The molecule has 0 aliphatic carbocycles. The predicted octanol–water partition coefficient (Wildman–Crippen LogP) is 1.23. The van der Waals surface area contributed by atoms with E-state index >= 15 is 0 Å². The van der Waals surface area contributed by atoms with Gasteiger partial charge in [-0.25, -0.2) is 4.79 Å². The highest BCUT2D eigenvalue weighted by Crippen LogP contribution is 2.28. The van der Waals surface area contributed by atoms with Gasteiger partial charge < -0.3 is 14.6 Å². The molecule has 1 heterocycles. The average Bonchev–Trinajstić information content (AvgIpc) is 2.92. The maximum atomic E-state index is 11.8. The van der Waals surface area contributed by atoms with Crippen molar-refractivity contribution in [3.05, 3.63) is 23.9 Å². The number of carbonyl (C=O) groups is 1. The lowest BCUT2D eigenvalue weighted by molar-refractivity contribution is -0.151. The summed E-state index contributed by atoms with van der Waals surface area (Å²) in [6.45, 7) is 5.32. The van der Waals surface area contributed by atoms with Gasteiger partial charge in [0, 0.05) is 18.5 Å². The molecule has 0 saturated heterocycles. The second-order valence-electron chi connectivity index (χ2n) is 4.72. The van der Waals surface area contributed by atoms with Crippen molar-refractivity contribution in [3.63, 3.8) is 0 Å². The molecule has 1 aromatic carbocycles. The fourth-order valence-corrected chi connectivity index (χ4v) is 2.39. The minimum absolute atomic E-state index is 0.379. The first-order valence-electron chi connectivity index (χ1n) is 7.15. The first-order chi connectivity index (χ1) is 10.6. The molecule has 0 bridgehead atoms. The van der Waals surface area contributed by atoms with Gasteiger partial charge in [-0.3, -0.25) is 5.01 Å². The van der Waals surface area contributed by atoms with Gasteiger partial charge in [-0.15, -0.1) is 0 Å². The molecule has 0 aliphatic rings. The quantitative estimate of drug-likeness (QED) is 0.809. The van der Waals surface area contributed by atoms with Crippen LogP contribution in [-0.4, -0.2) is 48.3 Å². The van der Waals surface area contributed by atoms with E-state index in [4.69, 9.17) is 4.74 Å². The van der Waals surface area contributed by atoms with Crippen LogP contribution in [0.2, 0.25) is 0 Å². The van der Waals surface area contributed by atoms with E-state index in [1.54, 1.807) is 30.1 Å². The normalized spacial score (nSPS) is 12.2. The number of rotatable bonds is 6. The lowest BCUT2D eigenvalue weighted by atomic mass is 10.1. The summed E-state index contributed by atoms with van der Waals surface area (Å²) in [5, 5.41) is 17.4. The van der Waals surface area contributed by atoms with Gasteiger partial charge in [0.15, 0.2) is 6.10 Å². The molecule has 0 radical (unpaired) electrons. The molecule has 7 nitrogen and oxygen atoms in total. The van der Waals surface area contributed by atoms with E-state index in [1.165, 1.54) is 7.11 Å². The zero-order valence-electron chi connectivity index (χ0n) is 13.2. The highest BCUT2D eigenvalue weighted by molar-refractivity contribution is 5.88. The van der Waals surface area contributed by atoms with Gasteiger partial charge in [-0.2, -0.15) is 9.89 Å². The third kappa shape index (κ3) is 2.71. The molecule has 120 valence electrons. The van der Waals surface area contributed by atoms with Crippen molar-refractivity contribution in [1.29, 1.82) is 0 Å². The molecule has 1 aromatic heterocycles. The lowest BCUT2D eigenvalue weighted by Gasteiger charge is -2.24. The number of esters is 1. The third-order valence-electron chi connectivity index (χ3n) is 3.58. The van der Waals surface area contributed by atoms with Crippen LogP contribution in [0.1, 0.15) is 25.6 Å². The number of nitrogens with zero attached hydrogens (tertiary/aromatic N) is 3. The average molecular weight is 307 g/mol. The zero-order valence-corrected chi connectivity index (χ0v) is 13.2. The van der Waals surface area contributed by atoms with Crippen LogP contribution in [0.3, 0.4) is 0 Å². The van der Waals surface area contributed by atoms with E-state index in [1.807, 2.05) is 18.9 Å². The van der Waals surface area contributed by atoms with Crippen molar-refractivity contribution in [2.24, 2.45) is 0 Å². The second kappa shape index (κ2) is 6.65. The Labute approximate surface area is 129 Å². The largest absolute Gasteiger partial charge is 0.497 e. The van der Waals surface area contributed by atoms with E-state index in [0.29, 0.717) is 35.4 Å². The maximum Gasteiger partial charge on any atom is 0.341 e. The Morgan fingerprint density at radius 1 is 1.36 bits per heavy atom. The maximum absolute atomic E-state index is 11.8. The van der Waals surface area contributed by atoms with Gasteiger partial charge in [-0.05, 0) is 32.0 Å². The fraction of sp³-hybridized carbons (Fsp3) is 0.467. The first-order valence-corrected chi connectivity index (χ1v) is 7.15. The summed E-state index contributed by atoms with van der Waals surface area (Å²) in [6.07, 6.45) is -1.41. The van der Waals surface area contributed by atoms with Crippen molar-refractivity contribution in [2.75, 3.05) is 32.3 Å². The molecule has 0 amide bonds. The van der Waals surface area contributed by atoms with Gasteiger partial charge in [0.1, 0.15) is 11.4 Å². The van der Waals surface area contributed by atoms with Gasteiger partial charge in [0.2, 0.25) is 0 Å². The number of aliphatic hydroxyl groups excluding tert-OH is 1. The molecular weight excluding hydrogens is 286 g/mol. The molecule has 0 fully saturated rings. The van der Waals surface area contributed by atoms with Gasteiger partial charge in [0.25, 0.3) is 0 Å². The Balaban J connectivity index is 2.69. The lowest BCUT2D eigenvalue weighted by Crippen LogP contribution is -2.37. The number of carbonyl (C=O) groups excluding carboxylic acids is 1. The van der Waals surface area contributed by atoms with Crippen molar-refractivity contribution < 1.29 is 19.4 Å². The van der Waals surface area contributed by atoms with E-state index in [9.17, 15) is 9.90 Å². The van der Waals surface area contributed by atoms with E-state index in [0.717, 1.165) is 0 Å². The van der Waals surface area contributed by atoms with Gasteiger partial charge >= 0.3 is 5.97 Å². The summed E-state index contributed by atoms with van der Waals surface area (Å²) >= 11 is 0. The van der Waals surface area contributed by atoms with Crippen LogP contribution in [0.15, 0.2) is 18.2 Å². The van der Waals surface area contributed by atoms with Gasteiger partial charge in [-0.1, -0.05) is 0 Å². The Hall–Kier alpha value is -2.28. The molecule has 1 unspecified atom stereocenters. The SMILES string of the molecule is CCN(CC)n1nc2ccc(OC)cc2c1C(O)C(=O)OC. The molecule has 1 atom stereocenters. The van der Waals surface area contributed by atoms with Crippen LogP contribution in [0.4, 0.5) is 0 Å². The summed E-state index contributed by atoms with van der Waals surface area (Å²) in [5.41, 5.74) is 1.05. The van der Waals surface area contributed by atoms with E-state index < -0.39 is 12.1 Å². The highest BCUT2D eigenvalue weighted by Gasteiger charge is 2.28. The van der Waals surface area contributed by atoms with Crippen LogP contribution in [-0.2, 0) is 9.53 Å². The number of ether oxygens (including phenoxy) is 2. The minimum atomic E-state index is -1.41. The summed E-state index contributed by atoms with van der Waals surface area (Å²) in [5.74, 6) is -0.0945. The standard InChI is InChI=1S/C15H21N3O4/c1-5-17(6-2)18-13(14(19)15(20)22-4)11-9-10(21-3)7-8-12(11)16-18/h7-9,14,19H,5-6H2,1-4H3. The number of aliphatic hydroxyl groups is 1. The molecule has 1 N–H and O–H groups in total. The van der Waals surface area contributed by atoms with Crippen LogP contribution in [0.5, 0.6) is 5.75 Å². The Morgan fingerprint density at radius 3 is 2.59 bits per heavy atom. The topological polar surface area (TPSA) is 76.8 Å². The Bertz CT molecular complexity index is 664. The van der Waals surface area contributed by atoms with Crippen molar-refractivity contribution >= 4 is 16.9 Å². The molecule has 22 heavy (non-hydrogen) atoms. The monoisotopic (exact) mass is 307 g/mol. The smallest absolute Gasteiger partial charge is 0.341 e. The summed E-state index contributed by atoms with van der Waals surface area (Å²) < 4.78 is 9.88. The summed E-state index contributed by atoms with van der Waals surface area (Å²) in [6, 6.07) is 5.34. The van der Waals surface area contributed by atoms with Crippen molar-refractivity contribution in [2.45, 2.75) is 20.0 Å². The highest BCUT2D eigenvalue weighted by atomic mass is 16.5. The minimum Gasteiger partial charge on any atom is -0.497 e. The van der Waals surface area contributed by atoms with E-state index in [2.05, 4.69) is 9.84 Å². The fourth-order valence-electron chi connectivity index (χ4n) is 2.39.